The van der Waals surface area contributed by atoms with Gasteiger partial charge in [-0.05, 0) is 13.0 Å². The first-order valence-corrected chi connectivity index (χ1v) is 5.88. The number of benzene rings is 1. The van der Waals surface area contributed by atoms with Crippen LogP contribution in [0.2, 0.25) is 0 Å². The standard InChI is InChI=1S/C13H13F2N3O2/c1-8-17-2-3-18(8)4-5-20-13(19)9-6-10(14)11(15)7-12(9)16/h2-3,6-7H,4-5,16H2,1H3. The molecule has 0 aliphatic carbocycles. The van der Waals surface area contributed by atoms with E-state index >= 15 is 0 Å². The third kappa shape index (κ3) is 2.93. The van der Waals surface area contributed by atoms with Crippen molar-refractivity contribution in [1.29, 1.82) is 0 Å². The van der Waals surface area contributed by atoms with Gasteiger partial charge in [0.1, 0.15) is 12.4 Å². The van der Waals surface area contributed by atoms with Crippen LogP contribution >= 0.6 is 0 Å². The number of anilines is 1. The highest BCUT2D eigenvalue weighted by Crippen LogP contribution is 2.17. The van der Waals surface area contributed by atoms with E-state index in [1.807, 2.05) is 6.92 Å². The predicted molar refractivity (Wildman–Crippen MR) is 68.0 cm³/mol. The van der Waals surface area contributed by atoms with Crippen LogP contribution in [0, 0.1) is 18.6 Å². The first kappa shape index (κ1) is 14.0. The van der Waals surface area contributed by atoms with Crippen molar-refractivity contribution >= 4 is 11.7 Å². The molecule has 2 rings (SSSR count). The molecule has 0 aliphatic heterocycles. The second-order valence-corrected chi connectivity index (χ2v) is 4.16. The maximum Gasteiger partial charge on any atom is 0.340 e. The molecule has 1 aromatic heterocycles. The van der Waals surface area contributed by atoms with Gasteiger partial charge in [0.2, 0.25) is 0 Å². The van der Waals surface area contributed by atoms with Gasteiger partial charge < -0.3 is 15.0 Å². The van der Waals surface area contributed by atoms with E-state index in [2.05, 4.69) is 4.98 Å². The third-order valence-electron chi connectivity index (χ3n) is 2.80. The monoisotopic (exact) mass is 281 g/mol. The molecular weight excluding hydrogens is 268 g/mol. The van der Waals surface area contributed by atoms with E-state index in [0.717, 1.165) is 18.0 Å². The van der Waals surface area contributed by atoms with Gasteiger partial charge >= 0.3 is 5.97 Å². The molecule has 1 aromatic carbocycles. The Labute approximate surface area is 114 Å². The van der Waals surface area contributed by atoms with Gasteiger partial charge in [0, 0.05) is 24.1 Å². The Kier molecular flexibility index (Phi) is 3.97. The number of aryl methyl sites for hydroxylation is 1. The third-order valence-corrected chi connectivity index (χ3v) is 2.80. The lowest BCUT2D eigenvalue weighted by molar-refractivity contribution is 0.0491. The van der Waals surface area contributed by atoms with Crippen LogP contribution in [0.4, 0.5) is 14.5 Å². The number of imidazole rings is 1. The molecule has 0 radical (unpaired) electrons. The van der Waals surface area contributed by atoms with Crippen LogP contribution in [0.5, 0.6) is 0 Å². The molecule has 5 nitrogen and oxygen atoms in total. The number of hydrogen-bond donors (Lipinski definition) is 1. The highest BCUT2D eigenvalue weighted by Gasteiger charge is 2.15. The molecule has 0 atom stereocenters. The summed E-state index contributed by atoms with van der Waals surface area (Å²) in [6, 6.07) is 1.49. The van der Waals surface area contributed by atoms with Gasteiger partial charge in [-0.15, -0.1) is 0 Å². The minimum atomic E-state index is -1.14. The zero-order chi connectivity index (χ0) is 14.7. The Hall–Kier alpha value is -2.44. The number of nitrogen functional groups attached to an aromatic ring is 1. The Morgan fingerprint density at radius 1 is 1.40 bits per heavy atom. The van der Waals surface area contributed by atoms with Gasteiger partial charge in [-0.3, -0.25) is 0 Å². The van der Waals surface area contributed by atoms with Crippen LogP contribution in [0.3, 0.4) is 0 Å². The number of nitrogens with two attached hydrogens (primary N) is 1. The lowest BCUT2D eigenvalue weighted by atomic mass is 10.1. The largest absolute Gasteiger partial charge is 0.460 e. The Bertz CT molecular complexity index is 641. The molecule has 0 saturated carbocycles. The van der Waals surface area contributed by atoms with E-state index < -0.39 is 17.6 Å². The van der Waals surface area contributed by atoms with Crippen molar-refractivity contribution in [2.24, 2.45) is 0 Å². The van der Waals surface area contributed by atoms with Gasteiger partial charge in [-0.1, -0.05) is 0 Å². The molecule has 0 spiro atoms. The van der Waals surface area contributed by atoms with Gasteiger partial charge in [0.15, 0.2) is 11.6 Å². The summed E-state index contributed by atoms with van der Waals surface area (Å²) in [6.07, 6.45) is 3.37. The summed E-state index contributed by atoms with van der Waals surface area (Å²) in [5, 5.41) is 0. The minimum Gasteiger partial charge on any atom is -0.460 e. The Morgan fingerprint density at radius 3 is 2.75 bits per heavy atom. The van der Waals surface area contributed by atoms with Crippen LogP contribution in [0.1, 0.15) is 16.2 Å². The van der Waals surface area contributed by atoms with Crippen molar-refractivity contribution in [1.82, 2.24) is 9.55 Å². The van der Waals surface area contributed by atoms with Crippen LogP contribution < -0.4 is 5.73 Å². The summed E-state index contributed by atoms with van der Waals surface area (Å²) in [5.74, 6) is -2.25. The first-order valence-electron chi connectivity index (χ1n) is 5.88. The molecule has 0 bridgehead atoms. The summed E-state index contributed by atoms with van der Waals surface area (Å²) in [5.41, 5.74) is 5.11. The highest BCUT2D eigenvalue weighted by atomic mass is 19.2. The summed E-state index contributed by atoms with van der Waals surface area (Å²) in [7, 11) is 0. The SMILES string of the molecule is Cc1nccn1CCOC(=O)c1cc(F)c(F)cc1N. The topological polar surface area (TPSA) is 70.1 Å². The molecule has 0 fully saturated rings. The maximum atomic E-state index is 13.1. The van der Waals surface area contributed by atoms with Crippen molar-refractivity contribution in [3.8, 4) is 0 Å². The second kappa shape index (κ2) is 5.68. The van der Waals surface area contributed by atoms with Crippen molar-refractivity contribution < 1.29 is 18.3 Å². The zero-order valence-electron chi connectivity index (χ0n) is 10.8. The van der Waals surface area contributed by atoms with E-state index in [4.69, 9.17) is 10.5 Å². The van der Waals surface area contributed by atoms with Crippen LogP contribution in [0.15, 0.2) is 24.5 Å². The fourth-order valence-electron chi connectivity index (χ4n) is 1.69. The summed E-state index contributed by atoms with van der Waals surface area (Å²) in [4.78, 5) is 15.7. The molecule has 2 aromatic rings. The fourth-order valence-corrected chi connectivity index (χ4v) is 1.69. The first-order chi connectivity index (χ1) is 9.49. The van der Waals surface area contributed by atoms with Crippen molar-refractivity contribution in [3.05, 3.63) is 47.5 Å². The number of aromatic nitrogens is 2. The smallest absolute Gasteiger partial charge is 0.340 e. The summed E-state index contributed by atoms with van der Waals surface area (Å²) >= 11 is 0. The molecule has 106 valence electrons. The molecule has 0 aliphatic rings. The average Bonchev–Trinajstić information content (AvgIpc) is 2.79. The van der Waals surface area contributed by atoms with E-state index in [0.29, 0.717) is 6.54 Å². The Morgan fingerprint density at radius 2 is 2.10 bits per heavy atom. The maximum absolute atomic E-state index is 13.1. The number of halogens is 2. The number of nitrogens with zero attached hydrogens (tertiary/aromatic N) is 2. The van der Waals surface area contributed by atoms with Crippen LogP contribution in [-0.4, -0.2) is 22.1 Å². The lowest BCUT2D eigenvalue weighted by Crippen LogP contribution is -2.14. The molecule has 2 N–H and O–H groups in total. The van der Waals surface area contributed by atoms with Crippen LogP contribution in [0.25, 0.3) is 0 Å². The van der Waals surface area contributed by atoms with E-state index in [9.17, 15) is 13.6 Å². The summed E-state index contributed by atoms with van der Waals surface area (Å²) < 4.78 is 32.7. The van der Waals surface area contributed by atoms with Crippen molar-refractivity contribution in [3.63, 3.8) is 0 Å². The molecular formula is C13H13F2N3O2. The number of esters is 1. The van der Waals surface area contributed by atoms with Crippen LogP contribution in [-0.2, 0) is 11.3 Å². The number of carbonyl (C=O) groups is 1. The number of hydrogen-bond acceptors (Lipinski definition) is 4. The number of rotatable bonds is 4. The second-order valence-electron chi connectivity index (χ2n) is 4.16. The minimum absolute atomic E-state index is 0.0778. The van der Waals surface area contributed by atoms with Gasteiger partial charge in [0.05, 0.1) is 12.1 Å². The lowest BCUT2D eigenvalue weighted by Gasteiger charge is -2.09. The summed E-state index contributed by atoms with van der Waals surface area (Å²) in [6.45, 7) is 2.31. The van der Waals surface area contributed by atoms with Gasteiger partial charge in [0.25, 0.3) is 0 Å². The van der Waals surface area contributed by atoms with Gasteiger partial charge in [-0.25, -0.2) is 18.6 Å². The fraction of sp³-hybridized carbons (Fsp3) is 0.231. The average molecular weight is 281 g/mol. The zero-order valence-corrected chi connectivity index (χ0v) is 10.8. The van der Waals surface area contributed by atoms with E-state index in [1.165, 1.54) is 0 Å². The van der Waals surface area contributed by atoms with Crippen molar-refractivity contribution in [2.45, 2.75) is 13.5 Å². The Balaban J connectivity index is 1.99. The van der Waals surface area contributed by atoms with E-state index in [1.54, 1.807) is 17.0 Å². The normalized spacial score (nSPS) is 10.6. The molecule has 7 heteroatoms. The molecule has 1 heterocycles. The molecule has 0 saturated heterocycles. The number of ether oxygens (including phenoxy) is 1. The predicted octanol–water partition coefficient (Wildman–Crippen LogP) is 1.91. The number of carbonyl (C=O) groups excluding carboxylic acids is 1. The van der Waals surface area contributed by atoms with Crippen molar-refractivity contribution in [2.75, 3.05) is 12.3 Å². The molecule has 20 heavy (non-hydrogen) atoms. The quantitative estimate of drug-likeness (QED) is 0.686. The van der Waals surface area contributed by atoms with E-state index in [-0.39, 0.29) is 17.9 Å². The molecule has 0 amide bonds. The van der Waals surface area contributed by atoms with Gasteiger partial charge in [-0.2, -0.15) is 0 Å². The highest BCUT2D eigenvalue weighted by molar-refractivity contribution is 5.95. The molecule has 0 unspecified atom stereocenters.